The molecule has 0 aliphatic carbocycles. The van der Waals surface area contributed by atoms with Crippen LogP contribution in [0.5, 0.6) is 5.75 Å². The van der Waals surface area contributed by atoms with Crippen LogP contribution in [-0.4, -0.2) is 16.9 Å². The smallest absolute Gasteiger partial charge is 0.288 e. The van der Waals surface area contributed by atoms with E-state index in [-0.39, 0.29) is 16.1 Å². The molecule has 0 fully saturated rings. The Morgan fingerprint density at radius 3 is 2.53 bits per heavy atom. The number of nitro groups is 1. The fourth-order valence-electron chi connectivity index (χ4n) is 1.45. The van der Waals surface area contributed by atoms with Crippen molar-refractivity contribution in [3.63, 3.8) is 0 Å². The Balaban J connectivity index is 2.74. The lowest BCUT2D eigenvalue weighted by molar-refractivity contribution is -0.384. The fourth-order valence-corrected chi connectivity index (χ4v) is 2.85. The highest BCUT2D eigenvalue weighted by Crippen LogP contribution is 2.31. The molecule has 106 valence electrons. The summed E-state index contributed by atoms with van der Waals surface area (Å²) in [4.78, 5) is 10.1. The van der Waals surface area contributed by atoms with Gasteiger partial charge in [-0.05, 0) is 11.5 Å². The van der Waals surface area contributed by atoms with Gasteiger partial charge in [-0.2, -0.15) is 0 Å². The Morgan fingerprint density at radius 1 is 1.47 bits per heavy atom. The normalized spacial score (nSPS) is 13.1. The van der Waals surface area contributed by atoms with E-state index in [9.17, 15) is 10.1 Å². The number of nitro benzene ring substituents is 1. The summed E-state index contributed by atoms with van der Waals surface area (Å²) < 4.78 is 5.66. The molecule has 1 aromatic carbocycles. The summed E-state index contributed by atoms with van der Waals surface area (Å²) in [6.07, 6.45) is 0. The third-order valence-corrected chi connectivity index (χ3v) is 4.06. The summed E-state index contributed by atoms with van der Waals surface area (Å²) in [5, 5.41) is 11.6. The second-order valence-electron chi connectivity index (χ2n) is 5.40. The van der Waals surface area contributed by atoms with Crippen molar-refractivity contribution in [1.29, 1.82) is 0 Å². The predicted molar refractivity (Wildman–Crippen MR) is 80.3 cm³/mol. The average Bonchev–Trinajstić information content (AvgIpc) is 2.27. The Kier molecular flexibility index (Phi) is 5.62. The quantitative estimate of drug-likeness (QED) is 0.440. The first-order valence-corrected chi connectivity index (χ1v) is 7.38. The molecule has 0 aliphatic heterocycles. The number of hydrogen-bond acceptors (Lipinski definition) is 3. The largest absolute Gasteiger partial charge is 0.493 e. The maximum absolute atomic E-state index is 10.7. The summed E-state index contributed by atoms with van der Waals surface area (Å²) in [5.74, 6) is 0.882. The molecule has 0 saturated heterocycles. The molecule has 0 amide bonds. The van der Waals surface area contributed by atoms with Crippen molar-refractivity contribution < 1.29 is 9.66 Å². The zero-order valence-corrected chi connectivity index (χ0v) is 13.5. The monoisotopic (exact) mass is 349 g/mol. The van der Waals surface area contributed by atoms with Gasteiger partial charge >= 0.3 is 0 Å². The van der Waals surface area contributed by atoms with Crippen molar-refractivity contribution in [2.24, 2.45) is 11.3 Å². The highest BCUT2D eigenvalue weighted by molar-refractivity contribution is 9.09. The van der Waals surface area contributed by atoms with Crippen molar-refractivity contribution in [3.8, 4) is 5.75 Å². The van der Waals surface area contributed by atoms with Crippen LogP contribution < -0.4 is 4.74 Å². The van der Waals surface area contributed by atoms with Gasteiger partial charge in [0.25, 0.3) is 5.69 Å². The molecule has 6 heteroatoms. The number of rotatable bonds is 5. The number of nitrogens with zero attached hydrogens (tertiary/aromatic N) is 1. The molecule has 0 aromatic heterocycles. The van der Waals surface area contributed by atoms with Crippen LogP contribution in [0.2, 0.25) is 5.02 Å². The standard InChI is InChI=1S/C13H17BrClNO3/c1-13(2,3)9(7-14)8-19-10-4-5-12(16(17)18)11(15)6-10/h4-6,9H,7-8H2,1-3H3. The first-order valence-electron chi connectivity index (χ1n) is 5.88. The van der Waals surface area contributed by atoms with Crippen LogP contribution in [0.3, 0.4) is 0 Å². The van der Waals surface area contributed by atoms with Crippen LogP contribution in [0.25, 0.3) is 0 Å². The number of ether oxygens (including phenoxy) is 1. The van der Waals surface area contributed by atoms with E-state index in [0.717, 1.165) is 5.33 Å². The maximum atomic E-state index is 10.7. The van der Waals surface area contributed by atoms with Crippen LogP contribution in [0, 0.1) is 21.4 Å². The molecule has 0 spiro atoms. The first kappa shape index (κ1) is 16.2. The molecule has 1 rings (SSSR count). The van der Waals surface area contributed by atoms with Crippen molar-refractivity contribution in [2.45, 2.75) is 20.8 Å². The van der Waals surface area contributed by atoms with Gasteiger partial charge in [0, 0.05) is 23.4 Å². The third kappa shape index (κ3) is 4.66. The molecular formula is C13H17BrClNO3. The van der Waals surface area contributed by atoms with Gasteiger partial charge < -0.3 is 4.74 Å². The van der Waals surface area contributed by atoms with Crippen molar-refractivity contribution in [2.75, 3.05) is 11.9 Å². The zero-order chi connectivity index (χ0) is 14.6. The van der Waals surface area contributed by atoms with E-state index < -0.39 is 4.92 Å². The highest BCUT2D eigenvalue weighted by atomic mass is 79.9. The molecule has 0 bridgehead atoms. The third-order valence-electron chi connectivity index (χ3n) is 2.98. The Hall–Kier alpha value is -0.810. The summed E-state index contributed by atoms with van der Waals surface area (Å²) in [6.45, 7) is 6.96. The minimum Gasteiger partial charge on any atom is -0.493 e. The molecule has 1 atom stereocenters. The van der Waals surface area contributed by atoms with Gasteiger partial charge in [-0.3, -0.25) is 10.1 Å². The minimum atomic E-state index is -0.511. The summed E-state index contributed by atoms with van der Waals surface area (Å²) in [7, 11) is 0. The van der Waals surface area contributed by atoms with Gasteiger partial charge in [0.15, 0.2) is 0 Å². The second-order valence-corrected chi connectivity index (χ2v) is 6.45. The van der Waals surface area contributed by atoms with E-state index in [2.05, 4.69) is 36.7 Å². The van der Waals surface area contributed by atoms with Gasteiger partial charge in [0.05, 0.1) is 11.5 Å². The van der Waals surface area contributed by atoms with Gasteiger partial charge in [0.2, 0.25) is 0 Å². The molecule has 0 heterocycles. The Labute approximate surface area is 126 Å². The molecule has 0 saturated carbocycles. The van der Waals surface area contributed by atoms with Gasteiger partial charge in [0.1, 0.15) is 10.8 Å². The summed E-state index contributed by atoms with van der Waals surface area (Å²) >= 11 is 9.31. The molecule has 1 unspecified atom stereocenters. The summed E-state index contributed by atoms with van der Waals surface area (Å²) in [5.41, 5.74) is 0.00975. The topological polar surface area (TPSA) is 52.4 Å². The summed E-state index contributed by atoms with van der Waals surface area (Å²) in [6, 6.07) is 4.41. The van der Waals surface area contributed by atoms with E-state index in [4.69, 9.17) is 16.3 Å². The van der Waals surface area contributed by atoms with E-state index in [1.165, 1.54) is 12.1 Å². The predicted octanol–water partition coefficient (Wildman–Crippen LogP) is 4.68. The lowest BCUT2D eigenvalue weighted by Gasteiger charge is -2.28. The molecule has 0 aliphatic rings. The number of halogens is 2. The van der Waals surface area contributed by atoms with E-state index in [0.29, 0.717) is 18.3 Å². The number of benzene rings is 1. The molecular weight excluding hydrogens is 334 g/mol. The lowest BCUT2D eigenvalue weighted by Crippen LogP contribution is -2.27. The van der Waals surface area contributed by atoms with E-state index in [1.54, 1.807) is 6.07 Å². The lowest BCUT2D eigenvalue weighted by atomic mass is 9.83. The first-order chi connectivity index (χ1) is 8.75. The van der Waals surface area contributed by atoms with Crippen LogP contribution in [0.1, 0.15) is 20.8 Å². The maximum Gasteiger partial charge on any atom is 0.288 e. The molecule has 4 nitrogen and oxygen atoms in total. The van der Waals surface area contributed by atoms with Crippen LogP contribution in [0.4, 0.5) is 5.69 Å². The number of alkyl halides is 1. The van der Waals surface area contributed by atoms with Crippen molar-refractivity contribution >= 4 is 33.2 Å². The van der Waals surface area contributed by atoms with Gasteiger partial charge in [-0.1, -0.05) is 48.3 Å². The van der Waals surface area contributed by atoms with E-state index in [1.807, 2.05) is 0 Å². The van der Waals surface area contributed by atoms with E-state index >= 15 is 0 Å². The molecule has 0 N–H and O–H groups in total. The van der Waals surface area contributed by atoms with Crippen LogP contribution in [-0.2, 0) is 0 Å². The van der Waals surface area contributed by atoms with Crippen LogP contribution >= 0.6 is 27.5 Å². The molecule has 0 radical (unpaired) electrons. The highest BCUT2D eigenvalue weighted by Gasteiger charge is 2.24. The number of hydrogen-bond donors (Lipinski definition) is 0. The van der Waals surface area contributed by atoms with Crippen LogP contribution in [0.15, 0.2) is 18.2 Å². The Morgan fingerprint density at radius 2 is 2.11 bits per heavy atom. The minimum absolute atomic E-state index is 0.0913. The average molecular weight is 351 g/mol. The SMILES string of the molecule is CC(C)(C)C(CBr)COc1ccc([N+](=O)[O-])c(Cl)c1. The zero-order valence-electron chi connectivity index (χ0n) is 11.2. The molecule has 19 heavy (non-hydrogen) atoms. The fraction of sp³-hybridized carbons (Fsp3) is 0.538. The van der Waals surface area contributed by atoms with Crippen molar-refractivity contribution in [1.82, 2.24) is 0 Å². The second kappa shape index (κ2) is 6.57. The van der Waals surface area contributed by atoms with Gasteiger partial charge in [-0.25, -0.2) is 0 Å². The van der Waals surface area contributed by atoms with Gasteiger partial charge in [-0.15, -0.1) is 0 Å². The van der Waals surface area contributed by atoms with Crippen molar-refractivity contribution in [3.05, 3.63) is 33.3 Å². The molecule has 1 aromatic rings. The Bertz CT molecular complexity index is 460.